The van der Waals surface area contributed by atoms with Crippen LogP contribution in [0.3, 0.4) is 0 Å². The van der Waals surface area contributed by atoms with Gasteiger partial charge in [0.05, 0.1) is 17.6 Å². The summed E-state index contributed by atoms with van der Waals surface area (Å²) in [6.45, 7) is 1.86. The molecule has 1 saturated carbocycles. The highest BCUT2D eigenvalue weighted by Crippen LogP contribution is 2.35. The number of amides is 1. The normalized spacial score (nSPS) is 14.9. The maximum Gasteiger partial charge on any atom is 0.254 e. The number of benzene rings is 1. The molecule has 3 aromatic rings. The third-order valence-electron chi connectivity index (χ3n) is 4.09. The third-order valence-corrected chi connectivity index (χ3v) is 4.09. The lowest BCUT2D eigenvalue weighted by atomic mass is 10.2. The number of rotatable bonds is 5. The van der Waals surface area contributed by atoms with Crippen LogP contribution in [0.1, 0.15) is 48.0 Å². The fourth-order valence-electron chi connectivity index (χ4n) is 2.59. The summed E-state index contributed by atoms with van der Waals surface area (Å²) in [6, 6.07) is 9.69. The molecule has 2 heterocycles. The van der Waals surface area contributed by atoms with Gasteiger partial charge in [0.1, 0.15) is 0 Å². The lowest BCUT2D eigenvalue weighted by molar-refractivity contribution is 0.0936. The van der Waals surface area contributed by atoms with Crippen molar-refractivity contribution in [2.24, 2.45) is 0 Å². The molecule has 0 saturated heterocycles. The molecule has 8 nitrogen and oxygen atoms in total. The van der Waals surface area contributed by atoms with E-state index in [-0.39, 0.29) is 11.9 Å². The summed E-state index contributed by atoms with van der Waals surface area (Å²) in [5.41, 5.74) is 1.31. The second kappa shape index (κ2) is 6.39. The van der Waals surface area contributed by atoms with Gasteiger partial charge in [0.15, 0.2) is 11.6 Å². The van der Waals surface area contributed by atoms with Crippen molar-refractivity contribution in [2.75, 3.05) is 0 Å². The Morgan fingerprint density at radius 2 is 1.92 bits per heavy atom. The first-order valence-corrected chi connectivity index (χ1v) is 8.18. The summed E-state index contributed by atoms with van der Waals surface area (Å²) in [5.74, 6) is 0.998. The van der Waals surface area contributed by atoms with Gasteiger partial charge in [0, 0.05) is 18.0 Å². The zero-order valence-corrected chi connectivity index (χ0v) is 13.7. The molecule has 4 rings (SSSR count). The van der Waals surface area contributed by atoms with Crippen LogP contribution in [-0.4, -0.2) is 36.1 Å². The summed E-state index contributed by atoms with van der Waals surface area (Å²) in [5, 5.41) is 14.7. The number of carbonyl (C=O) groups excluding carboxylic acids is 1. The molecule has 126 valence electrons. The molecule has 1 fully saturated rings. The Bertz CT molecular complexity index is 872. The van der Waals surface area contributed by atoms with E-state index >= 15 is 0 Å². The summed E-state index contributed by atoms with van der Waals surface area (Å²) in [7, 11) is 0. The molecule has 0 radical (unpaired) electrons. The largest absolute Gasteiger partial charge is 0.342 e. The molecule has 1 aromatic carbocycles. The number of nitrogens with one attached hydrogen (secondary N) is 1. The summed E-state index contributed by atoms with van der Waals surface area (Å²) in [4.78, 5) is 21.0. The molecule has 0 spiro atoms. The van der Waals surface area contributed by atoms with Crippen LogP contribution in [0.5, 0.6) is 0 Å². The van der Waals surface area contributed by atoms with E-state index in [4.69, 9.17) is 0 Å². The van der Waals surface area contributed by atoms with E-state index in [9.17, 15) is 4.79 Å². The van der Waals surface area contributed by atoms with Gasteiger partial charge < -0.3 is 5.32 Å². The quantitative estimate of drug-likeness (QED) is 0.765. The van der Waals surface area contributed by atoms with Crippen LogP contribution in [0.4, 0.5) is 0 Å². The monoisotopic (exact) mass is 335 g/mol. The van der Waals surface area contributed by atoms with E-state index in [1.165, 1.54) is 12.4 Å². The predicted octanol–water partition coefficient (Wildman–Crippen LogP) is 1.96. The average molecular weight is 335 g/mol. The molecular formula is C17H17N7O. The Labute approximate surface area is 144 Å². The maximum atomic E-state index is 12.4. The molecule has 1 atom stereocenters. The van der Waals surface area contributed by atoms with Crippen LogP contribution in [0.15, 0.2) is 42.7 Å². The first kappa shape index (κ1) is 15.4. The Balaban J connectivity index is 1.46. The van der Waals surface area contributed by atoms with Gasteiger partial charge in [0.2, 0.25) is 0 Å². The van der Waals surface area contributed by atoms with E-state index in [2.05, 4.69) is 30.8 Å². The topological polar surface area (TPSA) is 98.5 Å². The van der Waals surface area contributed by atoms with Crippen LogP contribution in [-0.2, 0) is 0 Å². The third kappa shape index (κ3) is 3.23. The van der Waals surface area contributed by atoms with E-state index in [1.54, 1.807) is 4.68 Å². The van der Waals surface area contributed by atoms with Gasteiger partial charge >= 0.3 is 0 Å². The molecule has 0 aliphatic heterocycles. The maximum absolute atomic E-state index is 12.4. The van der Waals surface area contributed by atoms with E-state index < -0.39 is 0 Å². The number of nitrogens with zero attached hydrogens (tertiary/aromatic N) is 6. The van der Waals surface area contributed by atoms with Crippen molar-refractivity contribution < 1.29 is 4.79 Å². The van der Waals surface area contributed by atoms with Gasteiger partial charge in [-0.1, -0.05) is 30.3 Å². The predicted molar refractivity (Wildman–Crippen MR) is 89.4 cm³/mol. The number of hydrogen-bond acceptors (Lipinski definition) is 6. The molecule has 1 N–H and O–H groups in total. The molecule has 1 unspecified atom stereocenters. The number of hydrogen-bond donors (Lipinski definition) is 1. The van der Waals surface area contributed by atoms with Crippen LogP contribution in [0, 0.1) is 0 Å². The first-order chi connectivity index (χ1) is 12.2. The van der Waals surface area contributed by atoms with Crippen molar-refractivity contribution in [3.05, 3.63) is 54.1 Å². The van der Waals surface area contributed by atoms with Gasteiger partial charge in [-0.25, -0.2) is 14.6 Å². The Morgan fingerprint density at radius 1 is 1.20 bits per heavy atom. The van der Waals surface area contributed by atoms with Crippen molar-refractivity contribution in [3.63, 3.8) is 0 Å². The first-order valence-electron chi connectivity index (χ1n) is 8.18. The van der Waals surface area contributed by atoms with Crippen LogP contribution < -0.4 is 5.32 Å². The van der Waals surface area contributed by atoms with Crippen LogP contribution in [0.25, 0.3) is 11.4 Å². The highest BCUT2D eigenvalue weighted by molar-refractivity contribution is 5.93. The van der Waals surface area contributed by atoms with Crippen molar-refractivity contribution >= 4 is 5.91 Å². The van der Waals surface area contributed by atoms with Gasteiger partial charge in [-0.05, 0) is 30.2 Å². The highest BCUT2D eigenvalue weighted by atomic mass is 16.1. The SMILES string of the molecule is CC(NC(=O)c1cnc(-c2ccccc2)nc1)c1nnnn1C1CC1. The fourth-order valence-corrected chi connectivity index (χ4v) is 2.59. The van der Waals surface area contributed by atoms with Gasteiger partial charge in [-0.15, -0.1) is 5.10 Å². The number of carbonyl (C=O) groups is 1. The zero-order chi connectivity index (χ0) is 17.2. The van der Waals surface area contributed by atoms with Crippen molar-refractivity contribution in [1.82, 2.24) is 35.5 Å². The summed E-state index contributed by atoms with van der Waals surface area (Å²) < 4.78 is 1.79. The molecule has 25 heavy (non-hydrogen) atoms. The Hall–Kier alpha value is -3.16. The van der Waals surface area contributed by atoms with Crippen LogP contribution >= 0.6 is 0 Å². The van der Waals surface area contributed by atoms with E-state index in [0.29, 0.717) is 23.3 Å². The minimum atomic E-state index is -0.295. The summed E-state index contributed by atoms with van der Waals surface area (Å²) in [6.07, 6.45) is 5.21. The highest BCUT2D eigenvalue weighted by Gasteiger charge is 2.30. The Kier molecular flexibility index (Phi) is 3.93. The van der Waals surface area contributed by atoms with Crippen LogP contribution in [0.2, 0.25) is 0 Å². The molecule has 2 aromatic heterocycles. The lowest BCUT2D eigenvalue weighted by Gasteiger charge is -2.13. The minimum Gasteiger partial charge on any atom is -0.342 e. The summed E-state index contributed by atoms with van der Waals surface area (Å²) >= 11 is 0. The molecule has 1 aliphatic carbocycles. The molecule has 1 amide bonds. The van der Waals surface area contributed by atoms with E-state index in [1.807, 2.05) is 37.3 Å². The average Bonchev–Trinajstić information content (AvgIpc) is 3.38. The smallest absolute Gasteiger partial charge is 0.254 e. The molecule has 0 bridgehead atoms. The molecular weight excluding hydrogens is 318 g/mol. The van der Waals surface area contributed by atoms with Crippen molar-refractivity contribution in [3.8, 4) is 11.4 Å². The zero-order valence-electron chi connectivity index (χ0n) is 13.7. The fraction of sp³-hybridized carbons (Fsp3) is 0.294. The van der Waals surface area contributed by atoms with Gasteiger partial charge in [-0.3, -0.25) is 4.79 Å². The molecule has 8 heteroatoms. The number of tetrazole rings is 1. The second-order valence-corrected chi connectivity index (χ2v) is 6.07. The van der Waals surface area contributed by atoms with E-state index in [0.717, 1.165) is 18.4 Å². The van der Waals surface area contributed by atoms with Gasteiger partial charge in [0.25, 0.3) is 5.91 Å². The standard InChI is InChI=1S/C17H17N7O/c1-11(16-21-22-23-24(16)14-7-8-14)20-17(25)13-9-18-15(19-10-13)12-5-3-2-4-6-12/h2-6,9-11,14H,7-8H2,1H3,(H,20,25). The molecule has 1 aliphatic rings. The van der Waals surface area contributed by atoms with Crippen molar-refractivity contribution in [1.29, 1.82) is 0 Å². The Morgan fingerprint density at radius 3 is 2.60 bits per heavy atom. The number of aromatic nitrogens is 6. The lowest BCUT2D eigenvalue weighted by Crippen LogP contribution is -2.29. The van der Waals surface area contributed by atoms with Crippen molar-refractivity contribution in [2.45, 2.75) is 31.8 Å². The second-order valence-electron chi connectivity index (χ2n) is 6.07. The minimum absolute atomic E-state index is 0.252. The van der Waals surface area contributed by atoms with Gasteiger partial charge in [-0.2, -0.15) is 0 Å².